The molecule has 0 radical (unpaired) electrons. The van der Waals surface area contributed by atoms with E-state index < -0.39 is 0 Å². The number of nitrogens with one attached hydrogen (secondary N) is 2. The van der Waals surface area contributed by atoms with Crippen LogP contribution < -0.4 is 15.5 Å². The molecule has 1 atom stereocenters. The number of carbonyl (C=O) groups is 2. The third-order valence-corrected chi connectivity index (χ3v) is 5.63. The quantitative estimate of drug-likeness (QED) is 0.785. The lowest BCUT2D eigenvalue weighted by Gasteiger charge is -2.31. The maximum absolute atomic E-state index is 12.6. The first kappa shape index (κ1) is 20.1. The van der Waals surface area contributed by atoms with Crippen LogP contribution in [0.15, 0.2) is 36.7 Å². The molecule has 2 saturated heterocycles. The Kier molecular flexibility index (Phi) is 6.11. The van der Waals surface area contributed by atoms with Crippen molar-refractivity contribution in [3.63, 3.8) is 0 Å². The highest BCUT2D eigenvalue weighted by Gasteiger charge is 2.22. The molecule has 0 saturated carbocycles. The molecule has 1 aromatic heterocycles. The van der Waals surface area contributed by atoms with E-state index in [1.165, 1.54) is 12.8 Å². The summed E-state index contributed by atoms with van der Waals surface area (Å²) in [5.41, 5.74) is 1.65. The molecule has 1 unspecified atom stereocenters. The minimum Gasteiger partial charge on any atom is -0.366 e. The van der Waals surface area contributed by atoms with Crippen LogP contribution >= 0.6 is 0 Å². The van der Waals surface area contributed by atoms with Crippen LogP contribution in [0, 0.1) is 5.92 Å². The number of amides is 2. The van der Waals surface area contributed by atoms with E-state index in [1.54, 1.807) is 11.2 Å². The second-order valence-electron chi connectivity index (χ2n) is 8.08. The number of carbonyl (C=O) groups excluding carboxylic acids is 2. The summed E-state index contributed by atoms with van der Waals surface area (Å²) in [5.74, 6) is 2.22. The van der Waals surface area contributed by atoms with Crippen LogP contribution in [0.25, 0.3) is 0 Å². The summed E-state index contributed by atoms with van der Waals surface area (Å²) in [6, 6.07) is 9.48. The van der Waals surface area contributed by atoms with E-state index in [9.17, 15) is 9.59 Å². The highest BCUT2D eigenvalue weighted by atomic mass is 16.2. The molecule has 8 heteroatoms. The van der Waals surface area contributed by atoms with Gasteiger partial charge in [0, 0.05) is 44.4 Å². The van der Waals surface area contributed by atoms with Gasteiger partial charge in [0.2, 0.25) is 5.91 Å². The predicted molar refractivity (Wildman–Crippen MR) is 115 cm³/mol. The summed E-state index contributed by atoms with van der Waals surface area (Å²) in [6.07, 6.45) is 4.07. The zero-order valence-corrected chi connectivity index (χ0v) is 17.3. The van der Waals surface area contributed by atoms with Crippen LogP contribution in [0.1, 0.15) is 35.7 Å². The molecule has 2 aliphatic heterocycles. The van der Waals surface area contributed by atoms with Gasteiger partial charge in [-0.25, -0.2) is 9.97 Å². The van der Waals surface area contributed by atoms with Crippen molar-refractivity contribution in [2.24, 2.45) is 5.92 Å². The summed E-state index contributed by atoms with van der Waals surface area (Å²) in [5, 5.41) is 6.08. The van der Waals surface area contributed by atoms with Crippen molar-refractivity contribution in [1.82, 2.24) is 20.2 Å². The molecule has 158 valence electrons. The molecule has 0 spiro atoms. The van der Waals surface area contributed by atoms with Gasteiger partial charge in [-0.05, 0) is 36.5 Å². The van der Waals surface area contributed by atoms with Crippen LogP contribution in [0.4, 0.5) is 11.6 Å². The first-order valence-corrected chi connectivity index (χ1v) is 10.5. The second-order valence-corrected chi connectivity index (χ2v) is 8.08. The van der Waals surface area contributed by atoms with Gasteiger partial charge in [-0.1, -0.05) is 19.1 Å². The zero-order valence-electron chi connectivity index (χ0n) is 17.3. The van der Waals surface area contributed by atoms with Crippen molar-refractivity contribution < 1.29 is 9.59 Å². The van der Waals surface area contributed by atoms with Gasteiger partial charge < -0.3 is 20.4 Å². The lowest BCUT2D eigenvalue weighted by atomic mass is 10.0. The molecule has 1 aromatic carbocycles. The molecule has 30 heavy (non-hydrogen) atoms. The van der Waals surface area contributed by atoms with Crippen LogP contribution in [-0.4, -0.2) is 59.4 Å². The molecule has 2 amide bonds. The number of nitrogens with zero attached hydrogens (tertiary/aromatic N) is 4. The number of piperazine rings is 1. The van der Waals surface area contributed by atoms with Crippen molar-refractivity contribution in [1.29, 1.82) is 0 Å². The monoisotopic (exact) mass is 408 g/mol. The minimum atomic E-state index is -0.112. The zero-order chi connectivity index (χ0) is 20.9. The third kappa shape index (κ3) is 4.87. The number of hydrogen-bond donors (Lipinski definition) is 2. The number of piperidine rings is 1. The molecule has 2 N–H and O–H groups in total. The van der Waals surface area contributed by atoms with E-state index >= 15 is 0 Å². The first-order valence-electron chi connectivity index (χ1n) is 10.5. The van der Waals surface area contributed by atoms with Gasteiger partial charge in [-0.3, -0.25) is 9.59 Å². The normalized spacial score (nSPS) is 19.4. The molecule has 2 aromatic rings. The van der Waals surface area contributed by atoms with Crippen molar-refractivity contribution in [2.45, 2.75) is 26.3 Å². The van der Waals surface area contributed by atoms with E-state index in [1.807, 2.05) is 30.3 Å². The van der Waals surface area contributed by atoms with E-state index in [0.717, 1.165) is 30.3 Å². The van der Waals surface area contributed by atoms with Gasteiger partial charge in [0.1, 0.15) is 18.0 Å². The predicted octanol–water partition coefficient (Wildman–Crippen LogP) is 1.90. The fourth-order valence-electron chi connectivity index (χ4n) is 3.97. The smallest absolute Gasteiger partial charge is 0.254 e. The standard InChI is InChI=1S/C22H28N6O2/c1-16-3-2-9-27(13-16)20-11-19(25-15-26-20)24-12-17-4-6-18(7-5-17)22(30)28-10-8-23-21(29)14-28/h4-7,11,15-16H,2-3,8-10,12-14H2,1H3,(H,23,29)(H,24,25,26). The van der Waals surface area contributed by atoms with Gasteiger partial charge >= 0.3 is 0 Å². The van der Waals surface area contributed by atoms with Gasteiger partial charge in [-0.15, -0.1) is 0 Å². The SMILES string of the molecule is CC1CCCN(c2cc(NCc3ccc(C(=O)N4CCNC(=O)C4)cc3)ncn2)C1. The Morgan fingerprint density at radius 2 is 2.07 bits per heavy atom. The first-order chi connectivity index (χ1) is 14.6. The lowest BCUT2D eigenvalue weighted by Crippen LogP contribution is -2.49. The maximum Gasteiger partial charge on any atom is 0.254 e. The topological polar surface area (TPSA) is 90.5 Å². The van der Waals surface area contributed by atoms with Crippen molar-refractivity contribution in [3.05, 3.63) is 47.8 Å². The average Bonchev–Trinajstić information content (AvgIpc) is 2.78. The Labute approximate surface area is 176 Å². The van der Waals surface area contributed by atoms with Crippen molar-refractivity contribution >= 4 is 23.5 Å². The number of rotatable bonds is 5. The highest BCUT2D eigenvalue weighted by molar-refractivity contribution is 5.97. The molecule has 3 heterocycles. The third-order valence-electron chi connectivity index (χ3n) is 5.63. The Hall–Kier alpha value is -3.16. The summed E-state index contributed by atoms with van der Waals surface area (Å²) >= 11 is 0. The van der Waals surface area contributed by atoms with Gasteiger partial charge in [0.25, 0.3) is 5.91 Å². The summed E-state index contributed by atoms with van der Waals surface area (Å²) in [6.45, 7) is 6.12. The number of anilines is 2. The Bertz CT molecular complexity index is 901. The van der Waals surface area contributed by atoms with E-state index in [-0.39, 0.29) is 18.4 Å². The molecule has 0 bridgehead atoms. The number of aromatic nitrogens is 2. The molecule has 2 aliphatic rings. The molecule has 0 aliphatic carbocycles. The summed E-state index contributed by atoms with van der Waals surface area (Å²) in [4.78, 5) is 36.7. The van der Waals surface area contributed by atoms with Crippen LogP contribution in [0.5, 0.6) is 0 Å². The molecule has 4 rings (SSSR count). The van der Waals surface area contributed by atoms with Crippen LogP contribution in [0.3, 0.4) is 0 Å². The van der Waals surface area contributed by atoms with E-state index in [4.69, 9.17) is 0 Å². The van der Waals surface area contributed by atoms with Gasteiger partial charge in [0.15, 0.2) is 0 Å². The van der Waals surface area contributed by atoms with Crippen molar-refractivity contribution in [3.8, 4) is 0 Å². The molecule has 8 nitrogen and oxygen atoms in total. The van der Waals surface area contributed by atoms with Gasteiger partial charge in [0.05, 0.1) is 6.54 Å². The lowest BCUT2D eigenvalue weighted by molar-refractivity contribution is -0.123. The molecular weight excluding hydrogens is 380 g/mol. The van der Waals surface area contributed by atoms with E-state index in [2.05, 4.69) is 32.4 Å². The number of hydrogen-bond acceptors (Lipinski definition) is 6. The Morgan fingerprint density at radius 3 is 2.83 bits per heavy atom. The fourth-order valence-corrected chi connectivity index (χ4v) is 3.97. The van der Waals surface area contributed by atoms with Crippen LogP contribution in [0.2, 0.25) is 0 Å². The minimum absolute atomic E-state index is 0.111. The van der Waals surface area contributed by atoms with Crippen molar-refractivity contribution in [2.75, 3.05) is 42.9 Å². The summed E-state index contributed by atoms with van der Waals surface area (Å²) in [7, 11) is 0. The van der Waals surface area contributed by atoms with E-state index in [0.29, 0.717) is 31.1 Å². The number of benzene rings is 1. The molecular formula is C22H28N6O2. The largest absolute Gasteiger partial charge is 0.366 e. The maximum atomic E-state index is 12.6. The Balaban J connectivity index is 1.34. The Morgan fingerprint density at radius 1 is 1.23 bits per heavy atom. The second kappa shape index (κ2) is 9.11. The fraction of sp³-hybridized carbons (Fsp3) is 0.455. The van der Waals surface area contributed by atoms with Gasteiger partial charge in [-0.2, -0.15) is 0 Å². The average molecular weight is 409 g/mol. The van der Waals surface area contributed by atoms with Crippen LogP contribution in [-0.2, 0) is 11.3 Å². The highest BCUT2D eigenvalue weighted by Crippen LogP contribution is 2.22. The molecule has 2 fully saturated rings. The summed E-state index contributed by atoms with van der Waals surface area (Å²) < 4.78 is 0.